The summed E-state index contributed by atoms with van der Waals surface area (Å²) >= 11 is 0. The minimum atomic E-state index is -0.0447. The molecule has 0 saturated carbocycles. The average molecular weight is 173 g/mol. The summed E-state index contributed by atoms with van der Waals surface area (Å²) in [4.78, 5) is 11.0. The molecule has 1 aliphatic rings. The van der Waals surface area contributed by atoms with Crippen LogP contribution in [0.3, 0.4) is 0 Å². The maximum absolute atomic E-state index is 11.0. The molecule has 0 radical (unpaired) electrons. The van der Waals surface area contributed by atoms with Gasteiger partial charge in [0.2, 0.25) is 5.91 Å². The summed E-state index contributed by atoms with van der Waals surface area (Å²) in [5.41, 5.74) is 0. The highest BCUT2D eigenvalue weighted by atomic mass is 16.5. The van der Waals surface area contributed by atoms with Gasteiger partial charge in [0.25, 0.3) is 0 Å². The molecule has 0 atom stereocenters. The van der Waals surface area contributed by atoms with E-state index in [9.17, 15) is 4.79 Å². The predicted octanol–water partition coefficient (Wildman–Crippen LogP) is -0.0720. The molecule has 0 unspecified atom stereocenters. The fraction of sp³-hybridized carbons (Fsp3) is 0.875. The summed E-state index contributed by atoms with van der Waals surface area (Å²) in [5.74, 6) is -0.0447. The zero-order chi connectivity index (χ0) is 8.81. The molecule has 70 valence electrons. The van der Waals surface area contributed by atoms with Gasteiger partial charge in [-0.25, -0.2) is 0 Å². The number of hydrogen-bond acceptors (Lipinski definition) is 3. The van der Waals surface area contributed by atoms with Crippen LogP contribution in [0.2, 0.25) is 0 Å². The van der Waals surface area contributed by atoms with Crippen LogP contribution in [0, 0.1) is 0 Å². The second kappa shape index (κ2) is 5.11. The Bertz CT molecular complexity index is 145. The summed E-state index contributed by atoms with van der Waals surface area (Å²) < 4.78 is 9.97. The summed E-state index contributed by atoms with van der Waals surface area (Å²) in [6, 6.07) is 0.211. The molecule has 1 N–H and O–H groups in total. The highest BCUT2D eigenvalue weighted by Crippen LogP contribution is 1.98. The zero-order valence-corrected chi connectivity index (χ0v) is 7.34. The van der Waals surface area contributed by atoms with Gasteiger partial charge in [-0.3, -0.25) is 4.79 Å². The third kappa shape index (κ3) is 3.19. The van der Waals surface area contributed by atoms with E-state index in [0.717, 1.165) is 6.42 Å². The second-order valence-electron chi connectivity index (χ2n) is 2.85. The lowest BCUT2D eigenvalue weighted by Crippen LogP contribution is -2.49. The Morgan fingerprint density at radius 1 is 1.67 bits per heavy atom. The average Bonchev–Trinajstić information content (AvgIpc) is 1.98. The van der Waals surface area contributed by atoms with Crippen LogP contribution in [0.4, 0.5) is 0 Å². The van der Waals surface area contributed by atoms with Crippen molar-refractivity contribution in [3.8, 4) is 0 Å². The molecule has 1 rings (SSSR count). The molecular weight excluding hydrogens is 158 g/mol. The van der Waals surface area contributed by atoms with Gasteiger partial charge in [-0.1, -0.05) is 6.92 Å². The van der Waals surface area contributed by atoms with E-state index < -0.39 is 0 Å². The maximum Gasteiger partial charge on any atom is 0.246 e. The van der Waals surface area contributed by atoms with Gasteiger partial charge in [-0.05, 0) is 6.42 Å². The quantitative estimate of drug-likeness (QED) is 0.592. The predicted molar refractivity (Wildman–Crippen MR) is 43.9 cm³/mol. The Balaban J connectivity index is 1.95. The number of amides is 1. The first-order valence-corrected chi connectivity index (χ1v) is 4.27. The molecule has 12 heavy (non-hydrogen) atoms. The van der Waals surface area contributed by atoms with Crippen molar-refractivity contribution in [3.05, 3.63) is 0 Å². The van der Waals surface area contributed by atoms with Gasteiger partial charge in [-0.15, -0.1) is 0 Å². The Morgan fingerprint density at radius 3 is 2.92 bits per heavy atom. The van der Waals surface area contributed by atoms with Crippen molar-refractivity contribution in [2.24, 2.45) is 0 Å². The van der Waals surface area contributed by atoms with Gasteiger partial charge >= 0.3 is 0 Å². The number of carbonyl (C=O) groups excluding carboxylic acids is 1. The minimum absolute atomic E-state index is 0.0447. The fourth-order valence-corrected chi connectivity index (χ4v) is 0.898. The van der Waals surface area contributed by atoms with E-state index in [1.54, 1.807) is 0 Å². The molecule has 0 bridgehead atoms. The first-order chi connectivity index (χ1) is 5.83. The van der Waals surface area contributed by atoms with Gasteiger partial charge in [0, 0.05) is 6.61 Å². The molecule has 4 heteroatoms. The lowest BCUT2D eigenvalue weighted by Gasteiger charge is -2.26. The Morgan fingerprint density at radius 2 is 2.42 bits per heavy atom. The van der Waals surface area contributed by atoms with E-state index in [2.05, 4.69) is 5.32 Å². The minimum Gasteiger partial charge on any atom is -0.377 e. The van der Waals surface area contributed by atoms with E-state index in [0.29, 0.717) is 19.8 Å². The van der Waals surface area contributed by atoms with Gasteiger partial charge in [0.1, 0.15) is 6.61 Å². The van der Waals surface area contributed by atoms with Crippen LogP contribution in [0.5, 0.6) is 0 Å². The maximum atomic E-state index is 11.0. The van der Waals surface area contributed by atoms with Crippen LogP contribution >= 0.6 is 0 Å². The van der Waals surface area contributed by atoms with E-state index in [4.69, 9.17) is 9.47 Å². The topological polar surface area (TPSA) is 47.6 Å². The molecule has 0 aliphatic carbocycles. The number of rotatable bonds is 5. The highest BCUT2D eigenvalue weighted by molar-refractivity contribution is 5.77. The third-order valence-electron chi connectivity index (χ3n) is 1.58. The summed E-state index contributed by atoms with van der Waals surface area (Å²) in [6.45, 7) is 4.11. The van der Waals surface area contributed by atoms with E-state index in [-0.39, 0.29) is 18.6 Å². The van der Waals surface area contributed by atoms with Crippen LogP contribution in [0.15, 0.2) is 0 Å². The van der Waals surface area contributed by atoms with Crippen molar-refractivity contribution >= 4 is 5.91 Å². The van der Waals surface area contributed by atoms with E-state index >= 15 is 0 Å². The summed E-state index contributed by atoms with van der Waals surface area (Å²) in [5, 5.41) is 2.79. The molecule has 0 aromatic heterocycles. The first-order valence-electron chi connectivity index (χ1n) is 4.27. The van der Waals surface area contributed by atoms with E-state index in [1.165, 1.54) is 0 Å². The summed E-state index contributed by atoms with van der Waals surface area (Å²) in [6.07, 6.45) is 0.944. The van der Waals surface area contributed by atoms with Crippen molar-refractivity contribution < 1.29 is 14.3 Å². The van der Waals surface area contributed by atoms with Crippen molar-refractivity contribution in [1.29, 1.82) is 0 Å². The van der Waals surface area contributed by atoms with Gasteiger partial charge in [0.05, 0.1) is 19.3 Å². The molecule has 1 heterocycles. The monoisotopic (exact) mass is 173 g/mol. The fourth-order valence-electron chi connectivity index (χ4n) is 0.898. The molecule has 1 fully saturated rings. The van der Waals surface area contributed by atoms with Crippen molar-refractivity contribution in [2.75, 3.05) is 26.4 Å². The van der Waals surface area contributed by atoms with Crippen molar-refractivity contribution in [2.45, 2.75) is 19.4 Å². The molecular formula is C8H15NO3. The summed E-state index contributed by atoms with van der Waals surface area (Å²) in [7, 11) is 0. The molecule has 1 saturated heterocycles. The van der Waals surface area contributed by atoms with Gasteiger partial charge in [-0.2, -0.15) is 0 Å². The zero-order valence-electron chi connectivity index (χ0n) is 7.34. The van der Waals surface area contributed by atoms with Crippen LogP contribution < -0.4 is 5.32 Å². The Hall–Kier alpha value is -0.610. The van der Waals surface area contributed by atoms with Gasteiger partial charge < -0.3 is 14.8 Å². The highest BCUT2D eigenvalue weighted by Gasteiger charge is 2.19. The largest absolute Gasteiger partial charge is 0.377 e. The molecule has 0 aromatic rings. The standard InChI is InChI=1S/C8H15NO3/c1-2-3-11-6-8(10)9-7-4-12-5-7/h7H,2-6H2,1H3,(H,9,10). The number of nitrogens with one attached hydrogen (secondary N) is 1. The molecule has 1 amide bonds. The number of carbonyl (C=O) groups is 1. The Kier molecular flexibility index (Phi) is 4.04. The van der Waals surface area contributed by atoms with Crippen LogP contribution in [-0.2, 0) is 14.3 Å². The normalized spacial score (nSPS) is 17.1. The molecule has 0 aromatic carbocycles. The SMILES string of the molecule is CCCOCC(=O)NC1COC1. The van der Waals surface area contributed by atoms with Crippen LogP contribution in [0.1, 0.15) is 13.3 Å². The third-order valence-corrected chi connectivity index (χ3v) is 1.58. The first kappa shape index (κ1) is 9.48. The van der Waals surface area contributed by atoms with Crippen molar-refractivity contribution in [3.63, 3.8) is 0 Å². The van der Waals surface area contributed by atoms with Crippen LogP contribution in [0.25, 0.3) is 0 Å². The lowest BCUT2D eigenvalue weighted by molar-refractivity contribution is -0.129. The smallest absolute Gasteiger partial charge is 0.246 e. The lowest BCUT2D eigenvalue weighted by atomic mass is 10.2. The number of hydrogen-bond donors (Lipinski definition) is 1. The Labute approximate surface area is 72.2 Å². The van der Waals surface area contributed by atoms with Crippen LogP contribution in [-0.4, -0.2) is 38.4 Å². The molecule has 0 spiro atoms. The second-order valence-corrected chi connectivity index (χ2v) is 2.85. The molecule has 1 aliphatic heterocycles. The van der Waals surface area contributed by atoms with Crippen molar-refractivity contribution in [1.82, 2.24) is 5.32 Å². The van der Waals surface area contributed by atoms with E-state index in [1.807, 2.05) is 6.92 Å². The molecule has 4 nitrogen and oxygen atoms in total. The van der Waals surface area contributed by atoms with Gasteiger partial charge in [0.15, 0.2) is 0 Å². The number of ether oxygens (including phenoxy) is 2.